The molecule has 0 bridgehead atoms. The third-order valence-electron chi connectivity index (χ3n) is 0.876. The molecule has 2 amide bonds. The van der Waals surface area contributed by atoms with Gasteiger partial charge in [0.05, 0.1) is 0 Å². The van der Waals surface area contributed by atoms with Crippen molar-refractivity contribution >= 4 is 11.8 Å². The van der Waals surface area contributed by atoms with Crippen molar-refractivity contribution in [2.45, 2.75) is 13.0 Å². The van der Waals surface area contributed by atoms with Crippen molar-refractivity contribution in [3.8, 4) is 0 Å². The highest BCUT2D eigenvalue weighted by molar-refractivity contribution is 5.79. The number of hydrogen-bond donors (Lipinski definition) is 2. The van der Waals surface area contributed by atoms with Crippen LogP contribution < -0.4 is 11.5 Å². The van der Waals surface area contributed by atoms with Crippen LogP contribution in [0.5, 0.6) is 0 Å². The van der Waals surface area contributed by atoms with E-state index in [1.54, 1.807) is 0 Å². The molecule has 10 heavy (non-hydrogen) atoms. The Kier molecular flexibility index (Phi) is 3.42. The predicted molar refractivity (Wildman–Crippen MR) is 33.8 cm³/mol. The molecule has 0 spiro atoms. The summed E-state index contributed by atoms with van der Waals surface area (Å²) in [5.41, 5.74) is 9.53. The van der Waals surface area contributed by atoms with Crippen molar-refractivity contribution < 1.29 is 14.3 Å². The third kappa shape index (κ3) is 3.85. The Hall–Kier alpha value is -1.10. The second-order valence-corrected chi connectivity index (χ2v) is 1.82. The molecule has 5 heteroatoms. The van der Waals surface area contributed by atoms with E-state index in [1.165, 1.54) is 6.92 Å². The first-order valence-electron chi connectivity index (χ1n) is 2.73. The van der Waals surface area contributed by atoms with Crippen LogP contribution in [0.2, 0.25) is 0 Å². The number of nitrogens with two attached hydrogens (primary N) is 2. The highest BCUT2D eigenvalue weighted by Crippen LogP contribution is 1.86. The van der Waals surface area contributed by atoms with E-state index in [-0.39, 0.29) is 6.61 Å². The van der Waals surface area contributed by atoms with E-state index < -0.39 is 17.9 Å². The van der Waals surface area contributed by atoms with Crippen LogP contribution in [0.1, 0.15) is 6.92 Å². The van der Waals surface area contributed by atoms with Gasteiger partial charge in [0.25, 0.3) is 0 Å². The van der Waals surface area contributed by atoms with E-state index in [0.29, 0.717) is 0 Å². The average molecular weight is 146 g/mol. The second-order valence-electron chi connectivity index (χ2n) is 1.82. The number of carbonyl (C=O) groups is 2. The average Bonchev–Trinajstić information content (AvgIpc) is 1.82. The molecule has 0 fully saturated rings. The van der Waals surface area contributed by atoms with E-state index in [2.05, 4.69) is 4.74 Å². The summed E-state index contributed by atoms with van der Waals surface area (Å²) in [5.74, 6) is -1.23. The summed E-state index contributed by atoms with van der Waals surface area (Å²) in [6, 6.07) is 0. The highest BCUT2D eigenvalue weighted by atomic mass is 16.5. The summed E-state index contributed by atoms with van der Waals surface area (Å²) in [6.07, 6.45) is -0.757. The molecule has 58 valence electrons. The van der Waals surface area contributed by atoms with E-state index in [4.69, 9.17) is 11.5 Å². The molecular formula is C5H10N2O3. The van der Waals surface area contributed by atoms with Crippen LogP contribution in [0.4, 0.5) is 0 Å². The molecule has 0 aliphatic carbocycles. The Morgan fingerprint density at radius 1 is 1.50 bits per heavy atom. The zero-order chi connectivity index (χ0) is 8.15. The summed E-state index contributed by atoms with van der Waals surface area (Å²) in [7, 11) is 0. The quantitative estimate of drug-likeness (QED) is 0.498. The number of hydrogen-bond acceptors (Lipinski definition) is 3. The molecule has 0 aromatic carbocycles. The van der Waals surface area contributed by atoms with Crippen LogP contribution in [0, 0.1) is 0 Å². The summed E-state index contributed by atoms with van der Waals surface area (Å²) < 4.78 is 4.62. The molecule has 1 unspecified atom stereocenters. The number of primary amides is 2. The minimum absolute atomic E-state index is 0.274. The molecule has 0 saturated carbocycles. The Bertz CT molecular complexity index is 146. The molecular weight excluding hydrogens is 136 g/mol. The van der Waals surface area contributed by atoms with Crippen LogP contribution in [0.15, 0.2) is 0 Å². The van der Waals surface area contributed by atoms with Crippen LogP contribution >= 0.6 is 0 Å². The van der Waals surface area contributed by atoms with Crippen LogP contribution in [0.3, 0.4) is 0 Å². The fourth-order valence-corrected chi connectivity index (χ4v) is 0.289. The Morgan fingerprint density at radius 2 is 2.00 bits per heavy atom. The first-order chi connectivity index (χ1) is 4.54. The summed E-state index contributed by atoms with van der Waals surface area (Å²) in [5, 5.41) is 0. The minimum atomic E-state index is -0.757. The first kappa shape index (κ1) is 8.90. The fourth-order valence-electron chi connectivity index (χ4n) is 0.289. The molecule has 0 aliphatic heterocycles. The molecule has 5 nitrogen and oxygen atoms in total. The zero-order valence-corrected chi connectivity index (χ0v) is 5.66. The maximum absolute atomic E-state index is 10.3. The zero-order valence-electron chi connectivity index (χ0n) is 5.66. The molecule has 1 atom stereocenters. The van der Waals surface area contributed by atoms with Gasteiger partial charge in [-0.05, 0) is 6.92 Å². The summed E-state index contributed by atoms with van der Waals surface area (Å²) >= 11 is 0. The minimum Gasteiger partial charge on any atom is -0.368 e. The predicted octanol–water partition coefficient (Wildman–Crippen LogP) is -1.64. The Balaban J connectivity index is 3.49. The first-order valence-corrected chi connectivity index (χ1v) is 2.73. The fraction of sp³-hybridized carbons (Fsp3) is 0.600. The van der Waals surface area contributed by atoms with Crippen molar-refractivity contribution in [3.63, 3.8) is 0 Å². The Morgan fingerprint density at radius 3 is 2.30 bits per heavy atom. The van der Waals surface area contributed by atoms with Crippen molar-refractivity contribution in [2.24, 2.45) is 11.5 Å². The van der Waals surface area contributed by atoms with Gasteiger partial charge in [-0.1, -0.05) is 0 Å². The van der Waals surface area contributed by atoms with Crippen LogP contribution in [-0.4, -0.2) is 24.5 Å². The monoisotopic (exact) mass is 146 g/mol. The maximum Gasteiger partial charge on any atom is 0.246 e. The molecule has 0 rings (SSSR count). The lowest BCUT2D eigenvalue weighted by atomic mass is 10.4. The lowest BCUT2D eigenvalue weighted by Gasteiger charge is -2.05. The number of amides is 2. The van der Waals surface area contributed by atoms with Gasteiger partial charge in [-0.15, -0.1) is 0 Å². The maximum atomic E-state index is 10.3. The molecule has 0 heterocycles. The molecule has 0 aromatic heterocycles. The van der Waals surface area contributed by atoms with Crippen molar-refractivity contribution in [1.29, 1.82) is 0 Å². The van der Waals surface area contributed by atoms with Crippen molar-refractivity contribution in [1.82, 2.24) is 0 Å². The molecule has 0 aliphatic rings. The van der Waals surface area contributed by atoms with E-state index in [0.717, 1.165) is 0 Å². The molecule has 0 saturated heterocycles. The van der Waals surface area contributed by atoms with Gasteiger partial charge in [0, 0.05) is 0 Å². The van der Waals surface area contributed by atoms with Gasteiger partial charge in [-0.25, -0.2) is 0 Å². The van der Waals surface area contributed by atoms with E-state index in [9.17, 15) is 9.59 Å². The van der Waals surface area contributed by atoms with Crippen LogP contribution in [0.25, 0.3) is 0 Å². The third-order valence-corrected chi connectivity index (χ3v) is 0.876. The summed E-state index contributed by atoms with van der Waals surface area (Å²) in [6.45, 7) is 1.18. The van der Waals surface area contributed by atoms with Gasteiger partial charge in [0.2, 0.25) is 11.8 Å². The number of carbonyl (C=O) groups excluding carboxylic acids is 2. The normalized spacial score (nSPS) is 12.5. The van der Waals surface area contributed by atoms with Gasteiger partial charge < -0.3 is 16.2 Å². The molecule has 0 aromatic rings. The van der Waals surface area contributed by atoms with Gasteiger partial charge >= 0.3 is 0 Å². The van der Waals surface area contributed by atoms with Crippen molar-refractivity contribution in [2.75, 3.05) is 6.61 Å². The molecule has 0 radical (unpaired) electrons. The lowest BCUT2D eigenvalue weighted by Crippen LogP contribution is -2.31. The SMILES string of the molecule is CC(OCC(N)=O)C(N)=O. The highest BCUT2D eigenvalue weighted by Gasteiger charge is 2.08. The van der Waals surface area contributed by atoms with Gasteiger partial charge in [-0.2, -0.15) is 0 Å². The summed E-state index contributed by atoms with van der Waals surface area (Å²) in [4.78, 5) is 20.3. The van der Waals surface area contributed by atoms with E-state index in [1.807, 2.05) is 0 Å². The molecule has 4 N–H and O–H groups in total. The van der Waals surface area contributed by atoms with Gasteiger partial charge in [0.1, 0.15) is 12.7 Å². The van der Waals surface area contributed by atoms with Gasteiger partial charge in [-0.3, -0.25) is 9.59 Å². The van der Waals surface area contributed by atoms with E-state index >= 15 is 0 Å². The lowest BCUT2D eigenvalue weighted by molar-refractivity contribution is -0.133. The standard InChI is InChI=1S/C5H10N2O3/c1-3(5(7)9)10-2-4(6)8/h3H,2H2,1H3,(H2,6,8)(H2,7,9). The van der Waals surface area contributed by atoms with Crippen LogP contribution in [-0.2, 0) is 14.3 Å². The largest absolute Gasteiger partial charge is 0.368 e. The Labute approximate surface area is 58.3 Å². The smallest absolute Gasteiger partial charge is 0.246 e. The van der Waals surface area contributed by atoms with Gasteiger partial charge in [0.15, 0.2) is 0 Å². The topological polar surface area (TPSA) is 95.4 Å². The second kappa shape index (κ2) is 3.84. The number of rotatable bonds is 4. The number of ether oxygens (including phenoxy) is 1. The van der Waals surface area contributed by atoms with Crippen molar-refractivity contribution in [3.05, 3.63) is 0 Å².